The first kappa shape index (κ1) is 23.4. The highest BCUT2D eigenvalue weighted by molar-refractivity contribution is 6.31. The van der Waals surface area contributed by atoms with Crippen LogP contribution in [0.25, 0.3) is 16.8 Å². The van der Waals surface area contributed by atoms with Crippen LogP contribution in [0.15, 0.2) is 84.4 Å². The first-order valence-corrected chi connectivity index (χ1v) is 11.3. The summed E-state index contributed by atoms with van der Waals surface area (Å²) < 4.78 is 6.16. The van der Waals surface area contributed by atoms with E-state index in [0.29, 0.717) is 33.7 Å². The molecule has 0 aliphatic carbocycles. The smallest absolute Gasteiger partial charge is 0.266 e. The predicted molar refractivity (Wildman–Crippen MR) is 138 cm³/mol. The second-order valence-corrected chi connectivity index (χ2v) is 8.56. The maximum Gasteiger partial charge on any atom is 0.266 e. The number of fused-ring (bicyclic) bond motifs is 1. The van der Waals surface area contributed by atoms with Crippen molar-refractivity contribution in [2.24, 2.45) is 0 Å². The Balaban J connectivity index is 1.62. The standard InChI is InChI=1S/C28H20Cl2N2O2/c1-18-9-10-19-5-2-3-8-25(19)26(18)17-34-27-12-11-23(30)14-20(27)13-21(16-31)28(33)32-24-7-4-6-22(29)15-24/h2-15H,17H2,1H3,(H,32,33)/b21-13+. The number of ether oxygens (including phenoxy) is 1. The summed E-state index contributed by atoms with van der Waals surface area (Å²) in [6.07, 6.45) is 1.47. The third-order valence-electron chi connectivity index (χ3n) is 5.37. The molecule has 34 heavy (non-hydrogen) atoms. The van der Waals surface area contributed by atoms with Gasteiger partial charge in [0.25, 0.3) is 5.91 Å². The van der Waals surface area contributed by atoms with Crippen LogP contribution in [0.2, 0.25) is 10.0 Å². The van der Waals surface area contributed by atoms with E-state index in [4.69, 9.17) is 27.9 Å². The average Bonchev–Trinajstić information content (AvgIpc) is 2.82. The summed E-state index contributed by atoms with van der Waals surface area (Å²) in [5.74, 6) is -0.0411. The van der Waals surface area contributed by atoms with Crippen molar-refractivity contribution in [3.05, 3.63) is 111 Å². The zero-order valence-electron chi connectivity index (χ0n) is 18.3. The lowest BCUT2D eigenvalue weighted by Crippen LogP contribution is -2.13. The van der Waals surface area contributed by atoms with E-state index in [2.05, 4.69) is 29.6 Å². The van der Waals surface area contributed by atoms with Crippen LogP contribution in [0.3, 0.4) is 0 Å². The van der Waals surface area contributed by atoms with Gasteiger partial charge in [-0.1, -0.05) is 65.7 Å². The summed E-state index contributed by atoms with van der Waals surface area (Å²) >= 11 is 12.2. The van der Waals surface area contributed by atoms with Gasteiger partial charge < -0.3 is 10.1 Å². The van der Waals surface area contributed by atoms with E-state index in [9.17, 15) is 10.1 Å². The highest BCUT2D eigenvalue weighted by Gasteiger charge is 2.13. The zero-order valence-corrected chi connectivity index (χ0v) is 19.8. The van der Waals surface area contributed by atoms with Gasteiger partial charge in [-0.3, -0.25) is 4.79 Å². The minimum absolute atomic E-state index is 0.0894. The fourth-order valence-electron chi connectivity index (χ4n) is 3.62. The van der Waals surface area contributed by atoms with Gasteiger partial charge in [0.2, 0.25) is 0 Å². The predicted octanol–water partition coefficient (Wildman–Crippen LogP) is 7.58. The van der Waals surface area contributed by atoms with Gasteiger partial charge in [0, 0.05) is 26.9 Å². The fourth-order valence-corrected chi connectivity index (χ4v) is 3.99. The second-order valence-electron chi connectivity index (χ2n) is 7.69. The number of benzene rings is 4. The lowest BCUT2D eigenvalue weighted by atomic mass is 10.0. The van der Waals surface area contributed by atoms with Crippen LogP contribution in [-0.4, -0.2) is 5.91 Å². The molecule has 4 aromatic carbocycles. The maximum atomic E-state index is 12.7. The number of hydrogen-bond acceptors (Lipinski definition) is 3. The minimum Gasteiger partial charge on any atom is -0.488 e. The molecule has 4 aromatic rings. The summed E-state index contributed by atoms with van der Waals surface area (Å²) in [7, 11) is 0. The van der Waals surface area contributed by atoms with Crippen LogP contribution < -0.4 is 10.1 Å². The lowest BCUT2D eigenvalue weighted by Gasteiger charge is -2.14. The first-order valence-electron chi connectivity index (χ1n) is 10.5. The zero-order chi connectivity index (χ0) is 24.1. The van der Waals surface area contributed by atoms with E-state index in [0.717, 1.165) is 21.9 Å². The number of nitrogens with one attached hydrogen (secondary N) is 1. The Kier molecular flexibility index (Phi) is 7.18. The second kappa shape index (κ2) is 10.4. The topological polar surface area (TPSA) is 62.1 Å². The van der Waals surface area contributed by atoms with Crippen LogP contribution in [0.1, 0.15) is 16.7 Å². The first-order chi connectivity index (χ1) is 16.4. The number of amides is 1. The van der Waals surface area contributed by atoms with E-state index < -0.39 is 5.91 Å². The van der Waals surface area contributed by atoms with E-state index in [1.165, 1.54) is 6.08 Å². The molecule has 0 aliphatic heterocycles. The van der Waals surface area contributed by atoms with Gasteiger partial charge >= 0.3 is 0 Å². The van der Waals surface area contributed by atoms with Gasteiger partial charge in [-0.05, 0) is 65.7 Å². The highest BCUT2D eigenvalue weighted by Crippen LogP contribution is 2.29. The number of carbonyl (C=O) groups excluding carboxylic acids is 1. The lowest BCUT2D eigenvalue weighted by molar-refractivity contribution is -0.112. The summed E-state index contributed by atoms with van der Waals surface area (Å²) in [4.78, 5) is 12.7. The van der Waals surface area contributed by atoms with Crippen molar-refractivity contribution < 1.29 is 9.53 Å². The monoisotopic (exact) mass is 486 g/mol. The van der Waals surface area contributed by atoms with Crippen LogP contribution in [0.4, 0.5) is 5.69 Å². The highest BCUT2D eigenvalue weighted by atomic mass is 35.5. The van der Waals surface area contributed by atoms with Crippen LogP contribution in [-0.2, 0) is 11.4 Å². The van der Waals surface area contributed by atoms with E-state index >= 15 is 0 Å². The Morgan fingerprint density at radius 1 is 1.00 bits per heavy atom. The Hall–Kier alpha value is -3.78. The number of rotatable bonds is 6. The third-order valence-corrected chi connectivity index (χ3v) is 5.84. The molecule has 0 fully saturated rings. The average molecular weight is 487 g/mol. The number of halogens is 2. The van der Waals surface area contributed by atoms with Crippen molar-refractivity contribution in [1.82, 2.24) is 0 Å². The number of anilines is 1. The van der Waals surface area contributed by atoms with Crippen molar-refractivity contribution in [3.8, 4) is 11.8 Å². The number of aryl methyl sites for hydroxylation is 1. The fraction of sp³-hybridized carbons (Fsp3) is 0.0714. The molecule has 0 aromatic heterocycles. The largest absolute Gasteiger partial charge is 0.488 e. The SMILES string of the molecule is Cc1ccc2ccccc2c1COc1ccc(Cl)cc1/C=C(\C#N)C(=O)Nc1cccc(Cl)c1. The Morgan fingerprint density at radius 2 is 1.79 bits per heavy atom. The molecule has 1 amide bonds. The summed E-state index contributed by atoms with van der Waals surface area (Å²) in [6.45, 7) is 2.37. The van der Waals surface area contributed by atoms with Gasteiger partial charge in [-0.15, -0.1) is 0 Å². The van der Waals surface area contributed by atoms with Crippen molar-refractivity contribution >= 4 is 51.6 Å². The molecule has 0 spiro atoms. The quantitative estimate of drug-likeness (QED) is 0.225. The molecular formula is C28H20Cl2N2O2. The molecule has 1 N–H and O–H groups in total. The number of hydrogen-bond donors (Lipinski definition) is 1. The molecule has 0 atom stereocenters. The van der Waals surface area contributed by atoms with Gasteiger partial charge in [-0.2, -0.15) is 5.26 Å². The molecule has 0 bridgehead atoms. The summed E-state index contributed by atoms with van der Waals surface area (Å²) in [6, 6.07) is 26.1. The molecule has 0 saturated carbocycles. The van der Waals surface area contributed by atoms with Crippen LogP contribution >= 0.6 is 23.2 Å². The molecule has 0 unspecified atom stereocenters. The normalized spacial score (nSPS) is 11.2. The van der Waals surface area contributed by atoms with Crippen LogP contribution in [0, 0.1) is 18.3 Å². The molecule has 0 saturated heterocycles. The Labute approximate surface area is 208 Å². The van der Waals surface area contributed by atoms with E-state index in [-0.39, 0.29) is 5.57 Å². The minimum atomic E-state index is -0.555. The molecule has 0 aliphatic rings. The molecular weight excluding hydrogens is 467 g/mol. The van der Waals surface area contributed by atoms with Crippen molar-refractivity contribution in [3.63, 3.8) is 0 Å². The Bertz CT molecular complexity index is 1450. The number of carbonyl (C=O) groups is 1. The molecule has 4 nitrogen and oxygen atoms in total. The van der Waals surface area contributed by atoms with Gasteiger partial charge in [0.15, 0.2) is 0 Å². The molecule has 168 valence electrons. The van der Waals surface area contributed by atoms with Crippen molar-refractivity contribution in [1.29, 1.82) is 5.26 Å². The van der Waals surface area contributed by atoms with Crippen molar-refractivity contribution in [2.45, 2.75) is 13.5 Å². The van der Waals surface area contributed by atoms with E-state index in [1.54, 1.807) is 42.5 Å². The van der Waals surface area contributed by atoms with Gasteiger partial charge in [0.1, 0.15) is 24.0 Å². The Morgan fingerprint density at radius 3 is 2.59 bits per heavy atom. The van der Waals surface area contributed by atoms with Crippen LogP contribution in [0.5, 0.6) is 5.75 Å². The van der Waals surface area contributed by atoms with Gasteiger partial charge in [-0.25, -0.2) is 0 Å². The van der Waals surface area contributed by atoms with Gasteiger partial charge in [0.05, 0.1) is 0 Å². The molecule has 6 heteroatoms. The van der Waals surface area contributed by atoms with E-state index in [1.807, 2.05) is 25.1 Å². The molecule has 0 radical (unpaired) electrons. The molecule has 4 rings (SSSR count). The maximum absolute atomic E-state index is 12.7. The van der Waals surface area contributed by atoms with Crippen molar-refractivity contribution in [2.75, 3.05) is 5.32 Å². The number of nitriles is 1. The number of nitrogens with zero attached hydrogens (tertiary/aromatic N) is 1. The summed E-state index contributed by atoms with van der Waals surface area (Å²) in [5.41, 5.74) is 3.12. The summed E-state index contributed by atoms with van der Waals surface area (Å²) in [5, 5.41) is 15.5. The molecule has 0 heterocycles. The third kappa shape index (κ3) is 5.40.